The van der Waals surface area contributed by atoms with Crippen molar-refractivity contribution in [1.82, 2.24) is 14.8 Å². The molecule has 0 unspecified atom stereocenters. The van der Waals surface area contributed by atoms with Gasteiger partial charge in [0.15, 0.2) is 5.82 Å². The van der Waals surface area contributed by atoms with Gasteiger partial charge in [0, 0.05) is 16.9 Å². The number of hydrogen-bond acceptors (Lipinski definition) is 2. The Hall–Kier alpha value is -1.37. The monoisotopic (exact) mass is 305 g/mol. The molecule has 0 amide bonds. The molecular formula is C10H7BrF3N3. The molecule has 0 aliphatic carbocycles. The predicted molar refractivity (Wildman–Crippen MR) is 58.8 cm³/mol. The Balaban J connectivity index is 2.61. The second-order valence-electron chi connectivity index (χ2n) is 3.42. The highest BCUT2D eigenvalue weighted by atomic mass is 79.9. The molecule has 17 heavy (non-hydrogen) atoms. The summed E-state index contributed by atoms with van der Waals surface area (Å²) in [5.74, 6) is -0.228. The number of aryl methyl sites for hydroxylation is 1. The average Bonchev–Trinajstić information content (AvgIpc) is 2.63. The van der Waals surface area contributed by atoms with Crippen molar-refractivity contribution in [3.8, 4) is 5.82 Å². The maximum atomic E-state index is 12.8. The topological polar surface area (TPSA) is 30.7 Å². The largest absolute Gasteiger partial charge is 0.420 e. The first-order valence-electron chi connectivity index (χ1n) is 4.63. The smallest absolute Gasteiger partial charge is 0.235 e. The molecule has 0 fully saturated rings. The number of nitrogens with zero attached hydrogens (tertiary/aromatic N) is 3. The summed E-state index contributed by atoms with van der Waals surface area (Å²) in [6.45, 7) is 1.70. The summed E-state index contributed by atoms with van der Waals surface area (Å²) in [7, 11) is 0. The van der Waals surface area contributed by atoms with Crippen molar-refractivity contribution >= 4 is 15.9 Å². The van der Waals surface area contributed by atoms with Crippen LogP contribution in [-0.4, -0.2) is 14.8 Å². The summed E-state index contributed by atoms with van der Waals surface area (Å²) in [4.78, 5) is 3.76. The predicted octanol–water partition coefficient (Wildman–Crippen LogP) is 3.36. The van der Waals surface area contributed by atoms with Crippen molar-refractivity contribution < 1.29 is 13.2 Å². The van der Waals surface area contributed by atoms with E-state index in [4.69, 9.17) is 0 Å². The van der Waals surface area contributed by atoms with E-state index in [1.54, 1.807) is 13.0 Å². The Morgan fingerprint density at radius 1 is 1.35 bits per heavy atom. The van der Waals surface area contributed by atoms with Crippen LogP contribution in [-0.2, 0) is 6.18 Å². The molecule has 7 heteroatoms. The van der Waals surface area contributed by atoms with Gasteiger partial charge in [-0.25, -0.2) is 9.67 Å². The zero-order valence-electron chi connectivity index (χ0n) is 8.66. The maximum absolute atomic E-state index is 12.8. The summed E-state index contributed by atoms with van der Waals surface area (Å²) in [6, 6.07) is 2.60. The van der Waals surface area contributed by atoms with Crippen LogP contribution in [0, 0.1) is 6.92 Å². The van der Waals surface area contributed by atoms with E-state index in [-0.39, 0.29) is 10.3 Å². The van der Waals surface area contributed by atoms with E-state index >= 15 is 0 Å². The molecule has 2 rings (SSSR count). The van der Waals surface area contributed by atoms with Crippen LogP contribution in [0.5, 0.6) is 0 Å². The van der Waals surface area contributed by atoms with Crippen LogP contribution in [0.15, 0.2) is 29.0 Å². The zero-order chi connectivity index (χ0) is 12.6. The molecule has 0 aromatic carbocycles. The second kappa shape index (κ2) is 4.14. The molecule has 0 saturated heterocycles. The normalized spacial score (nSPS) is 11.8. The highest BCUT2D eigenvalue weighted by Gasteiger charge is 2.35. The highest BCUT2D eigenvalue weighted by molar-refractivity contribution is 9.10. The highest BCUT2D eigenvalue weighted by Crippen LogP contribution is 2.34. The Morgan fingerprint density at radius 3 is 2.59 bits per heavy atom. The molecule has 0 bridgehead atoms. The number of hydrogen-bond donors (Lipinski definition) is 0. The molecule has 0 aliphatic heterocycles. The summed E-state index contributed by atoms with van der Waals surface area (Å²) < 4.78 is 39.8. The Bertz CT molecular complexity index is 548. The molecule has 0 radical (unpaired) electrons. The van der Waals surface area contributed by atoms with Crippen LogP contribution in [0.3, 0.4) is 0 Å². The van der Waals surface area contributed by atoms with Gasteiger partial charge in [0.2, 0.25) is 0 Å². The third-order valence-corrected chi connectivity index (χ3v) is 2.51. The van der Waals surface area contributed by atoms with Crippen LogP contribution in [0.2, 0.25) is 0 Å². The lowest BCUT2D eigenvalue weighted by molar-refractivity contribution is -0.137. The minimum absolute atomic E-state index is 0.228. The molecule has 0 N–H and O–H groups in total. The van der Waals surface area contributed by atoms with E-state index in [0.717, 1.165) is 10.7 Å². The number of halogens is 4. The fourth-order valence-corrected chi connectivity index (χ4v) is 1.69. The van der Waals surface area contributed by atoms with Crippen molar-refractivity contribution in [2.24, 2.45) is 0 Å². The van der Waals surface area contributed by atoms with Gasteiger partial charge in [-0.1, -0.05) is 0 Å². The Labute approximate surface area is 103 Å². The van der Waals surface area contributed by atoms with Crippen molar-refractivity contribution in [2.75, 3.05) is 0 Å². The SMILES string of the molecule is Cc1ccn(-c2ncc(Br)cc2C(F)(F)F)n1. The zero-order valence-corrected chi connectivity index (χ0v) is 10.2. The van der Waals surface area contributed by atoms with Gasteiger partial charge >= 0.3 is 6.18 Å². The van der Waals surface area contributed by atoms with E-state index in [9.17, 15) is 13.2 Å². The molecule has 90 valence electrons. The Morgan fingerprint density at radius 2 is 2.06 bits per heavy atom. The molecule has 0 atom stereocenters. The maximum Gasteiger partial charge on any atom is 0.420 e. The average molecular weight is 306 g/mol. The molecule has 2 heterocycles. The summed E-state index contributed by atoms with van der Waals surface area (Å²) in [5, 5.41) is 3.92. The van der Waals surface area contributed by atoms with Crippen LogP contribution in [0.4, 0.5) is 13.2 Å². The molecule has 0 aliphatic rings. The van der Waals surface area contributed by atoms with E-state index < -0.39 is 11.7 Å². The Kier molecular flexibility index (Phi) is 2.94. The lowest BCUT2D eigenvalue weighted by Crippen LogP contribution is -2.13. The molecular weight excluding hydrogens is 299 g/mol. The molecule has 2 aromatic rings. The quantitative estimate of drug-likeness (QED) is 0.809. The first kappa shape index (κ1) is 12.1. The first-order valence-corrected chi connectivity index (χ1v) is 5.42. The van der Waals surface area contributed by atoms with Crippen LogP contribution < -0.4 is 0 Å². The summed E-state index contributed by atoms with van der Waals surface area (Å²) >= 11 is 2.97. The fourth-order valence-electron chi connectivity index (χ4n) is 1.36. The van der Waals surface area contributed by atoms with Crippen molar-refractivity contribution in [2.45, 2.75) is 13.1 Å². The van der Waals surface area contributed by atoms with Gasteiger partial charge in [-0.2, -0.15) is 18.3 Å². The molecule has 0 spiro atoms. The summed E-state index contributed by atoms with van der Waals surface area (Å²) in [6.07, 6.45) is -1.71. The summed E-state index contributed by atoms with van der Waals surface area (Å²) in [5.41, 5.74) is -0.196. The minimum Gasteiger partial charge on any atom is -0.235 e. The van der Waals surface area contributed by atoms with Crippen LogP contribution >= 0.6 is 15.9 Å². The van der Waals surface area contributed by atoms with E-state index in [2.05, 4.69) is 26.0 Å². The molecule has 3 nitrogen and oxygen atoms in total. The fraction of sp³-hybridized carbons (Fsp3) is 0.200. The van der Waals surface area contributed by atoms with Crippen LogP contribution in [0.1, 0.15) is 11.3 Å². The van der Waals surface area contributed by atoms with Gasteiger partial charge in [0.1, 0.15) is 5.56 Å². The molecule has 0 saturated carbocycles. The minimum atomic E-state index is -4.47. The van der Waals surface area contributed by atoms with Gasteiger partial charge in [0.05, 0.1) is 5.69 Å². The van der Waals surface area contributed by atoms with E-state index in [1.807, 2.05) is 0 Å². The lowest BCUT2D eigenvalue weighted by atomic mass is 10.2. The lowest BCUT2D eigenvalue weighted by Gasteiger charge is -2.11. The van der Waals surface area contributed by atoms with Gasteiger partial charge < -0.3 is 0 Å². The van der Waals surface area contributed by atoms with Crippen molar-refractivity contribution in [1.29, 1.82) is 0 Å². The van der Waals surface area contributed by atoms with Gasteiger partial charge in [-0.05, 0) is 35.0 Å². The number of rotatable bonds is 1. The number of aromatic nitrogens is 3. The van der Waals surface area contributed by atoms with Crippen molar-refractivity contribution in [3.05, 3.63) is 40.3 Å². The van der Waals surface area contributed by atoms with Gasteiger partial charge in [-0.3, -0.25) is 0 Å². The second-order valence-corrected chi connectivity index (χ2v) is 4.34. The standard InChI is InChI=1S/C10H7BrF3N3/c1-6-2-3-17(16-6)9-8(10(12,13)14)4-7(11)5-15-9/h2-5H,1H3. The van der Waals surface area contributed by atoms with E-state index in [0.29, 0.717) is 5.69 Å². The van der Waals surface area contributed by atoms with Gasteiger partial charge in [-0.15, -0.1) is 0 Å². The number of pyridine rings is 1. The number of alkyl halides is 3. The third-order valence-electron chi connectivity index (χ3n) is 2.08. The van der Waals surface area contributed by atoms with Crippen molar-refractivity contribution in [3.63, 3.8) is 0 Å². The molecule has 2 aromatic heterocycles. The first-order chi connectivity index (χ1) is 7.88. The van der Waals surface area contributed by atoms with Crippen LogP contribution in [0.25, 0.3) is 5.82 Å². The van der Waals surface area contributed by atoms with E-state index in [1.165, 1.54) is 12.4 Å². The van der Waals surface area contributed by atoms with Gasteiger partial charge in [0.25, 0.3) is 0 Å². The third kappa shape index (κ3) is 2.49.